The number of halogens is 3. The maximum atomic E-state index is 12.8. The molecule has 0 bridgehead atoms. The van der Waals surface area contributed by atoms with Gasteiger partial charge in [0.25, 0.3) is 5.91 Å². The number of carbonyl (C=O) groups excluding carboxylic acids is 1. The number of alkyl halides is 3. The number of ether oxygens (including phenoxy) is 3. The molecular weight excluding hydrogens is 401 g/mol. The fourth-order valence-electron chi connectivity index (χ4n) is 3.59. The molecule has 6 nitrogen and oxygen atoms in total. The number of hydrogen-bond donors (Lipinski definition) is 1. The van der Waals surface area contributed by atoms with Gasteiger partial charge in [-0.3, -0.25) is 4.79 Å². The van der Waals surface area contributed by atoms with Gasteiger partial charge >= 0.3 is 6.18 Å². The lowest BCUT2D eigenvalue weighted by Crippen LogP contribution is -3.13. The Morgan fingerprint density at radius 3 is 2.60 bits per heavy atom. The van der Waals surface area contributed by atoms with Crippen LogP contribution in [0.5, 0.6) is 17.2 Å². The number of benzene rings is 2. The highest BCUT2D eigenvalue weighted by molar-refractivity contribution is 5.77. The van der Waals surface area contributed by atoms with Crippen molar-refractivity contribution in [2.75, 3.05) is 39.6 Å². The van der Waals surface area contributed by atoms with Gasteiger partial charge in [-0.15, -0.1) is 0 Å². The third-order valence-electron chi connectivity index (χ3n) is 5.24. The van der Waals surface area contributed by atoms with Crippen LogP contribution in [0.2, 0.25) is 0 Å². The second-order valence-corrected chi connectivity index (χ2v) is 7.31. The average molecular weight is 423 g/mol. The van der Waals surface area contributed by atoms with Gasteiger partial charge in [0.2, 0.25) is 6.79 Å². The number of amides is 1. The molecule has 0 unspecified atom stereocenters. The van der Waals surface area contributed by atoms with Crippen LogP contribution in [-0.2, 0) is 17.5 Å². The predicted molar refractivity (Wildman–Crippen MR) is 100 cm³/mol. The van der Waals surface area contributed by atoms with Crippen molar-refractivity contribution in [3.8, 4) is 17.2 Å². The first-order valence-electron chi connectivity index (χ1n) is 9.68. The molecule has 2 aliphatic rings. The number of nitrogens with one attached hydrogen (secondary N) is 1. The van der Waals surface area contributed by atoms with Crippen molar-refractivity contribution in [2.24, 2.45) is 0 Å². The highest BCUT2D eigenvalue weighted by Crippen LogP contribution is 2.32. The Balaban J connectivity index is 1.24. The van der Waals surface area contributed by atoms with Gasteiger partial charge in [0.1, 0.15) is 12.3 Å². The molecule has 2 heterocycles. The molecule has 0 atom stereocenters. The number of piperazine rings is 1. The van der Waals surface area contributed by atoms with E-state index in [4.69, 9.17) is 14.2 Å². The van der Waals surface area contributed by atoms with E-state index in [1.165, 1.54) is 17.0 Å². The molecule has 30 heavy (non-hydrogen) atoms. The second-order valence-electron chi connectivity index (χ2n) is 7.31. The summed E-state index contributed by atoms with van der Waals surface area (Å²) >= 11 is 0. The molecule has 2 aromatic carbocycles. The van der Waals surface area contributed by atoms with E-state index in [0.717, 1.165) is 48.8 Å². The van der Waals surface area contributed by atoms with Crippen LogP contribution >= 0.6 is 0 Å². The first kappa shape index (κ1) is 20.3. The van der Waals surface area contributed by atoms with E-state index in [0.29, 0.717) is 13.1 Å². The number of carbonyl (C=O) groups is 1. The van der Waals surface area contributed by atoms with E-state index >= 15 is 0 Å². The van der Waals surface area contributed by atoms with Crippen molar-refractivity contribution in [1.82, 2.24) is 4.90 Å². The average Bonchev–Trinajstić information content (AvgIpc) is 3.20. The largest absolute Gasteiger partial charge is 0.484 e. The van der Waals surface area contributed by atoms with Crippen molar-refractivity contribution in [2.45, 2.75) is 12.7 Å². The van der Waals surface area contributed by atoms with Gasteiger partial charge in [-0.05, 0) is 36.4 Å². The first-order chi connectivity index (χ1) is 14.4. The van der Waals surface area contributed by atoms with E-state index in [1.807, 2.05) is 18.2 Å². The monoisotopic (exact) mass is 423 g/mol. The summed E-state index contributed by atoms with van der Waals surface area (Å²) < 4.78 is 54.3. The maximum absolute atomic E-state index is 12.8. The maximum Gasteiger partial charge on any atom is 0.416 e. The summed E-state index contributed by atoms with van der Waals surface area (Å²) in [5, 5.41) is 0. The zero-order valence-electron chi connectivity index (χ0n) is 16.2. The SMILES string of the molecule is O=C(COc1cccc(C(F)(F)F)c1)N1CC[NH+](Cc2ccc3c(c2)OCO3)CC1. The fourth-order valence-corrected chi connectivity index (χ4v) is 3.59. The van der Waals surface area contributed by atoms with Crippen LogP contribution in [0.1, 0.15) is 11.1 Å². The minimum Gasteiger partial charge on any atom is -0.484 e. The fraction of sp³-hybridized carbons (Fsp3) is 0.381. The highest BCUT2D eigenvalue weighted by Gasteiger charge is 2.31. The summed E-state index contributed by atoms with van der Waals surface area (Å²) in [5.74, 6) is 1.32. The van der Waals surface area contributed by atoms with Crippen LogP contribution in [0.25, 0.3) is 0 Å². The molecule has 0 aromatic heterocycles. The van der Waals surface area contributed by atoms with Crippen LogP contribution in [0, 0.1) is 0 Å². The van der Waals surface area contributed by atoms with Crippen molar-refractivity contribution >= 4 is 5.91 Å². The summed E-state index contributed by atoms with van der Waals surface area (Å²) in [4.78, 5) is 15.4. The van der Waals surface area contributed by atoms with Gasteiger partial charge in [0, 0.05) is 5.56 Å². The lowest BCUT2D eigenvalue weighted by Gasteiger charge is -2.32. The molecule has 9 heteroatoms. The van der Waals surface area contributed by atoms with Crippen LogP contribution in [0.4, 0.5) is 13.2 Å². The molecule has 0 aliphatic carbocycles. The summed E-state index contributed by atoms with van der Waals surface area (Å²) in [6.07, 6.45) is -4.44. The summed E-state index contributed by atoms with van der Waals surface area (Å²) in [7, 11) is 0. The van der Waals surface area contributed by atoms with E-state index in [1.54, 1.807) is 4.90 Å². The molecule has 1 saturated heterocycles. The van der Waals surface area contributed by atoms with Crippen LogP contribution < -0.4 is 19.1 Å². The Labute approximate surface area is 171 Å². The topological polar surface area (TPSA) is 52.4 Å². The Morgan fingerprint density at radius 1 is 1.07 bits per heavy atom. The molecule has 2 aliphatic heterocycles. The molecule has 0 saturated carbocycles. The van der Waals surface area contributed by atoms with Crippen molar-refractivity contribution < 1.29 is 37.1 Å². The van der Waals surface area contributed by atoms with Crippen molar-refractivity contribution in [1.29, 1.82) is 0 Å². The van der Waals surface area contributed by atoms with Crippen molar-refractivity contribution in [3.05, 3.63) is 53.6 Å². The lowest BCUT2D eigenvalue weighted by atomic mass is 10.1. The number of nitrogens with zero attached hydrogens (tertiary/aromatic N) is 1. The smallest absolute Gasteiger partial charge is 0.416 e. The Kier molecular flexibility index (Phi) is 5.72. The number of rotatable bonds is 5. The van der Waals surface area contributed by atoms with Gasteiger partial charge in [0.15, 0.2) is 18.1 Å². The van der Waals surface area contributed by atoms with Crippen LogP contribution in [0.15, 0.2) is 42.5 Å². The molecule has 1 N–H and O–H groups in total. The van der Waals surface area contributed by atoms with Gasteiger partial charge < -0.3 is 24.0 Å². The normalized spacial score (nSPS) is 16.6. The molecule has 0 radical (unpaired) electrons. The quantitative estimate of drug-likeness (QED) is 0.796. The summed E-state index contributed by atoms with van der Waals surface area (Å²) in [6.45, 7) is 3.50. The van der Waals surface area contributed by atoms with E-state index in [9.17, 15) is 18.0 Å². The molecule has 2 aromatic rings. The zero-order valence-corrected chi connectivity index (χ0v) is 16.2. The Bertz CT molecular complexity index is 911. The summed E-state index contributed by atoms with van der Waals surface area (Å²) in [5.41, 5.74) is 0.343. The van der Waals surface area contributed by atoms with Crippen LogP contribution in [0.3, 0.4) is 0 Å². The van der Waals surface area contributed by atoms with E-state index < -0.39 is 11.7 Å². The molecule has 1 amide bonds. The number of hydrogen-bond acceptors (Lipinski definition) is 4. The van der Waals surface area contributed by atoms with E-state index in [2.05, 4.69) is 0 Å². The third-order valence-corrected chi connectivity index (χ3v) is 5.24. The van der Waals surface area contributed by atoms with Crippen LogP contribution in [-0.4, -0.2) is 50.4 Å². The predicted octanol–water partition coefficient (Wildman–Crippen LogP) is 1.74. The van der Waals surface area contributed by atoms with Gasteiger partial charge in [-0.25, -0.2) is 0 Å². The van der Waals surface area contributed by atoms with E-state index in [-0.39, 0.29) is 25.1 Å². The zero-order chi connectivity index (χ0) is 21.1. The highest BCUT2D eigenvalue weighted by atomic mass is 19.4. The minimum atomic E-state index is -4.44. The first-order valence-corrected chi connectivity index (χ1v) is 9.68. The molecule has 1 fully saturated rings. The Hall–Kier alpha value is -2.94. The molecular formula is C21H22F3N2O4+. The molecule has 0 spiro atoms. The van der Waals surface area contributed by atoms with Gasteiger partial charge in [-0.2, -0.15) is 13.2 Å². The lowest BCUT2D eigenvalue weighted by molar-refractivity contribution is -0.917. The summed E-state index contributed by atoms with van der Waals surface area (Å²) in [6, 6.07) is 10.5. The number of quaternary nitrogens is 1. The molecule has 160 valence electrons. The number of fused-ring (bicyclic) bond motifs is 1. The Morgan fingerprint density at radius 2 is 1.83 bits per heavy atom. The second kappa shape index (κ2) is 8.43. The minimum absolute atomic E-state index is 0.0326. The third kappa shape index (κ3) is 4.79. The van der Waals surface area contributed by atoms with Crippen molar-refractivity contribution in [3.63, 3.8) is 0 Å². The molecule has 4 rings (SSSR count). The van der Waals surface area contributed by atoms with Gasteiger partial charge in [-0.1, -0.05) is 6.07 Å². The standard InChI is InChI=1S/C21H21F3N2O4/c22-21(23,24)16-2-1-3-17(11-16)28-13-20(27)26-8-6-25(7-9-26)12-15-4-5-18-19(10-15)30-14-29-18/h1-5,10-11H,6-9,12-14H2/p+1. The van der Waals surface area contributed by atoms with Gasteiger partial charge in [0.05, 0.1) is 31.7 Å².